The second-order valence-electron chi connectivity index (χ2n) is 6.07. The van der Waals surface area contributed by atoms with E-state index >= 15 is 0 Å². The van der Waals surface area contributed by atoms with E-state index < -0.39 is 6.10 Å². The lowest BCUT2D eigenvalue weighted by Gasteiger charge is -2.13. The summed E-state index contributed by atoms with van der Waals surface area (Å²) in [5.74, 6) is 0.650. The average Bonchev–Trinajstić information content (AvgIpc) is 2.94. The Morgan fingerprint density at radius 2 is 1.67 bits per heavy atom. The van der Waals surface area contributed by atoms with Gasteiger partial charge in [-0.1, -0.05) is 44.2 Å². The standard InChI is InChI=1S/C19H21NO/c1-13(2)11-14-3-5-15(6-4-14)19(21)17-7-8-18-16(12-17)9-10-20-18/h3-10,12-13,19-21H,11H2,1-2H3. The molecule has 2 N–H and O–H groups in total. The first-order chi connectivity index (χ1) is 10.1. The van der Waals surface area contributed by atoms with Crippen LogP contribution in [0.25, 0.3) is 10.9 Å². The van der Waals surface area contributed by atoms with Gasteiger partial charge in [0.1, 0.15) is 6.10 Å². The summed E-state index contributed by atoms with van der Waals surface area (Å²) in [7, 11) is 0. The SMILES string of the molecule is CC(C)Cc1ccc(C(O)c2ccc3[nH]ccc3c2)cc1. The predicted octanol–water partition coefficient (Wildman–Crippen LogP) is 4.45. The van der Waals surface area contributed by atoms with Gasteiger partial charge in [0.05, 0.1) is 0 Å². The maximum atomic E-state index is 10.6. The van der Waals surface area contributed by atoms with Crippen LogP contribution in [0.2, 0.25) is 0 Å². The molecule has 0 spiro atoms. The number of aromatic amines is 1. The van der Waals surface area contributed by atoms with Gasteiger partial charge in [-0.3, -0.25) is 0 Å². The van der Waals surface area contributed by atoms with E-state index in [1.165, 1.54) is 5.56 Å². The highest BCUT2D eigenvalue weighted by molar-refractivity contribution is 5.80. The summed E-state index contributed by atoms with van der Waals surface area (Å²) >= 11 is 0. The van der Waals surface area contributed by atoms with Crippen molar-refractivity contribution >= 4 is 10.9 Å². The molecule has 1 atom stereocenters. The molecule has 1 aromatic heterocycles. The fraction of sp³-hybridized carbons (Fsp3) is 0.263. The quantitative estimate of drug-likeness (QED) is 0.727. The highest BCUT2D eigenvalue weighted by atomic mass is 16.3. The zero-order chi connectivity index (χ0) is 14.8. The predicted molar refractivity (Wildman–Crippen MR) is 87.3 cm³/mol. The first kappa shape index (κ1) is 13.9. The van der Waals surface area contributed by atoms with Crippen molar-refractivity contribution < 1.29 is 5.11 Å². The number of nitrogens with one attached hydrogen (secondary N) is 1. The Morgan fingerprint density at radius 3 is 2.38 bits per heavy atom. The van der Waals surface area contributed by atoms with Crippen LogP contribution in [-0.4, -0.2) is 10.1 Å². The molecule has 0 fully saturated rings. The first-order valence-electron chi connectivity index (χ1n) is 7.47. The summed E-state index contributed by atoms with van der Waals surface area (Å²) in [5, 5.41) is 11.7. The number of benzene rings is 2. The van der Waals surface area contributed by atoms with Gasteiger partial charge in [0.15, 0.2) is 0 Å². The topological polar surface area (TPSA) is 36.0 Å². The Hall–Kier alpha value is -2.06. The molecule has 108 valence electrons. The van der Waals surface area contributed by atoms with Crippen LogP contribution in [0.4, 0.5) is 0 Å². The third-order valence-electron chi connectivity index (χ3n) is 3.83. The number of rotatable bonds is 4. The Bertz CT molecular complexity index is 725. The molecule has 1 heterocycles. The molecule has 0 bridgehead atoms. The molecule has 0 amide bonds. The molecule has 21 heavy (non-hydrogen) atoms. The van der Waals surface area contributed by atoms with Crippen LogP contribution in [0, 0.1) is 5.92 Å². The van der Waals surface area contributed by atoms with E-state index in [0.717, 1.165) is 28.5 Å². The van der Waals surface area contributed by atoms with E-state index in [1.54, 1.807) is 0 Å². The lowest BCUT2D eigenvalue weighted by atomic mass is 9.97. The summed E-state index contributed by atoms with van der Waals surface area (Å²) in [6, 6.07) is 16.4. The highest BCUT2D eigenvalue weighted by Gasteiger charge is 2.11. The molecular weight excluding hydrogens is 258 g/mol. The summed E-state index contributed by atoms with van der Waals surface area (Å²) in [6.45, 7) is 4.43. The molecule has 0 aliphatic rings. The second kappa shape index (κ2) is 5.74. The van der Waals surface area contributed by atoms with Crippen molar-refractivity contribution in [2.24, 2.45) is 5.92 Å². The minimum absolute atomic E-state index is 0.572. The van der Waals surface area contributed by atoms with Crippen molar-refractivity contribution in [3.05, 3.63) is 71.4 Å². The summed E-state index contributed by atoms with van der Waals surface area (Å²) in [6.07, 6.45) is 2.42. The summed E-state index contributed by atoms with van der Waals surface area (Å²) < 4.78 is 0. The van der Waals surface area contributed by atoms with E-state index in [9.17, 15) is 5.11 Å². The zero-order valence-electron chi connectivity index (χ0n) is 12.5. The fourth-order valence-electron chi connectivity index (χ4n) is 2.74. The number of aliphatic hydroxyl groups excluding tert-OH is 1. The smallest absolute Gasteiger partial charge is 0.104 e. The molecule has 3 rings (SSSR count). The van der Waals surface area contributed by atoms with Crippen molar-refractivity contribution in [3.63, 3.8) is 0 Å². The average molecular weight is 279 g/mol. The number of aromatic nitrogens is 1. The fourth-order valence-corrected chi connectivity index (χ4v) is 2.74. The van der Waals surface area contributed by atoms with Gasteiger partial charge in [0, 0.05) is 11.7 Å². The normalized spacial score (nSPS) is 13.0. The molecule has 0 aliphatic carbocycles. The van der Waals surface area contributed by atoms with Crippen LogP contribution in [0.15, 0.2) is 54.7 Å². The van der Waals surface area contributed by atoms with Crippen LogP contribution in [0.5, 0.6) is 0 Å². The van der Waals surface area contributed by atoms with Crippen LogP contribution in [-0.2, 0) is 6.42 Å². The maximum absolute atomic E-state index is 10.6. The minimum atomic E-state index is -0.572. The summed E-state index contributed by atoms with van der Waals surface area (Å²) in [4.78, 5) is 3.17. The molecule has 2 aromatic carbocycles. The van der Waals surface area contributed by atoms with Crippen molar-refractivity contribution in [2.75, 3.05) is 0 Å². The van der Waals surface area contributed by atoms with Gasteiger partial charge in [-0.05, 0) is 52.6 Å². The van der Waals surface area contributed by atoms with Gasteiger partial charge in [-0.2, -0.15) is 0 Å². The number of fused-ring (bicyclic) bond motifs is 1. The van der Waals surface area contributed by atoms with E-state index in [0.29, 0.717) is 5.92 Å². The molecule has 3 aromatic rings. The van der Waals surface area contributed by atoms with Crippen LogP contribution in [0.1, 0.15) is 36.6 Å². The van der Waals surface area contributed by atoms with Crippen LogP contribution < -0.4 is 0 Å². The van der Waals surface area contributed by atoms with Gasteiger partial charge in [-0.15, -0.1) is 0 Å². The lowest BCUT2D eigenvalue weighted by Crippen LogP contribution is -2.00. The number of hydrogen-bond acceptors (Lipinski definition) is 1. The third kappa shape index (κ3) is 3.01. The molecule has 1 unspecified atom stereocenters. The van der Waals surface area contributed by atoms with Crippen molar-refractivity contribution in [3.8, 4) is 0 Å². The number of H-pyrrole nitrogens is 1. The lowest BCUT2D eigenvalue weighted by molar-refractivity contribution is 0.220. The summed E-state index contributed by atoms with van der Waals surface area (Å²) in [5.41, 5.74) is 4.29. The molecular formula is C19H21NO. The van der Waals surface area contributed by atoms with Gasteiger partial charge < -0.3 is 10.1 Å². The number of aliphatic hydroxyl groups is 1. The van der Waals surface area contributed by atoms with E-state index in [1.807, 2.05) is 42.6 Å². The largest absolute Gasteiger partial charge is 0.384 e. The molecule has 0 radical (unpaired) electrons. The van der Waals surface area contributed by atoms with Crippen molar-refractivity contribution in [2.45, 2.75) is 26.4 Å². The van der Waals surface area contributed by atoms with E-state index in [2.05, 4.69) is 31.0 Å². The van der Waals surface area contributed by atoms with E-state index in [-0.39, 0.29) is 0 Å². The van der Waals surface area contributed by atoms with Crippen LogP contribution in [0.3, 0.4) is 0 Å². The van der Waals surface area contributed by atoms with Gasteiger partial charge in [-0.25, -0.2) is 0 Å². The second-order valence-corrected chi connectivity index (χ2v) is 6.07. The van der Waals surface area contributed by atoms with Gasteiger partial charge in [0.2, 0.25) is 0 Å². The van der Waals surface area contributed by atoms with Crippen LogP contribution >= 0.6 is 0 Å². The molecule has 2 nitrogen and oxygen atoms in total. The number of hydrogen-bond donors (Lipinski definition) is 2. The monoisotopic (exact) mass is 279 g/mol. The van der Waals surface area contributed by atoms with Gasteiger partial charge in [0.25, 0.3) is 0 Å². The Labute approximate surface area is 125 Å². The molecule has 2 heteroatoms. The molecule has 0 saturated heterocycles. The third-order valence-corrected chi connectivity index (χ3v) is 3.83. The Morgan fingerprint density at radius 1 is 0.952 bits per heavy atom. The van der Waals surface area contributed by atoms with Gasteiger partial charge >= 0.3 is 0 Å². The minimum Gasteiger partial charge on any atom is -0.384 e. The Kier molecular flexibility index (Phi) is 3.80. The first-order valence-corrected chi connectivity index (χ1v) is 7.47. The zero-order valence-corrected chi connectivity index (χ0v) is 12.5. The highest BCUT2D eigenvalue weighted by Crippen LogP contribution is 2.25. The molecule has 0 saturated carbocycles. The Balaban J connectivity index is 1.84. The van der Waals surface area contributed by atoms with Crippen molar-refractivity contribution in [1.82, 2.24) is 4.98 Å². The van der Waals surface area contributed by atoms with Crippen molar-refractivity contribution in [1.29, 1.82) is 0 Å². The molecule has 0 aliphatic heterocycles. The van der Waals surface area contributed by atoms with E-state index in [4.69, 9.17) is 0 Å². The maximum Gasteiger partial charge on any atom is 0.104 e.